The van der Waals surface area contributed by atoms with Crippen molar-refractivity contribution in [2.45, 2.75) is 26.8 Å². The van der Waals surface area contributed by atoms with Crippen molar-refractivity contribution in [1.29, 1.82) is 0 Å². The van der Waals surface area contributed by atoms with Crippen molar-refractivity contribution in [3.8, 4) is 0 Å². The van der Waals surface area contributed by atoms with Gasteiger partial charge in [-0.25, -0.2) is 4.79 Å². The van der Waals surface area contributed by atoms with E-state index >= 15 is 0 Å². The van der Waals surface area contributed by atoms with Crippen LogP contribution < -0.4 is 10.6 Å². The number of carbonyl (C=O) groups is 2. The molecule has 1 atom stereocenters. The molecule has 1 rings (SSSR count). The highest BCUT2D eigenvalue weighted by molar-refractivity contribution is 5.87. The molecule has 1 saturated heterocycles. The number of nitrogens with one attached hydrogen (secondary N) is 2. The van der Waals surface area contributed by atoms with Gasteiger partial charge in [-0.1, -0.05) is 13.8 Å². The number of amides is 3. The summed E-state index contributed by atoms with van der Waals surface area (Å²) in [4.78, 5) is 24.5. The quantitative estimate of drug-likeness (QED) is 0.699. The van der Waals surface area contributed by atoms with Gasteiger partial charge >= 0.3 is 6.03 Å². The molecule has 0 spiro atoms. The Morgan fingerprint density at radius 2 is 2.20 bits per heavy atom. The minimum absolute atomic E-state index is 0.0826. The first-order valence-corrected chi connectivity index (χ1v) is 5.34. The van der Waals surface area contributed by atoms with Crippen LogP contribution in [-0.4, -0.2) is 42.5 Å². The Bertz CT molecular complexity index is 253. The average molecular weight is 213 g/mol. The highest BCUT2D eigenvalue weighted by Crippen LogP contribution is 2.04. The van der Waals surface area contributed by atoms with Crippen molar-refractivity contribution in [2.24, 2.45) is 5.92 Å². The largest absolute Gasteiger partial charge is 0.354 e. The van der Waals surface area contributed by atoms with Gasteiger partial charge in [0.1, 0.15) is 6.04 Å². The van der Waals surface area contributed by atoms with Crippen molar-refractivity contribution in [1.82, 2.24) is 15.5 Å². The molecule has 0 aromatic heterocycles. The Morgan fingerprint density at radius 1 is 1.53 bits per heavy atom. The summed E-state index contributed by atoms with van der Waals surface area (Å²) in [6, 6.07) is -0.534. The fraction of sp³-hybridized carbons (Fsp3) is 0.800. The molecule has 5 heteroatoms. The van der Waals surface area contributed by atoms with E-state index in [1.54, 1.807) is 11.8 Å². The van der Waals surface area contributed by atoms with E-state index in [1.165, 1.54) is 0 Å². The van der Waals surface area contributed by atoms with Crippen LogP contribution in [0, 0.1) is 5.92 Å². The van der Waals surface area contributed by atoms with Gasteiger partial charge in [-0.3, -0.25) is 4.79 Å². The molecule has 1 fully saturated rings. The number of hydrogen-bond donors (Lipinski definition) is 2. The van der Waals surface area contributed by atoms with Crippen LogP contribution >= 0.6 is 0 Å². The first kappa shape index (κ1) is 11.8. The molecule has 15 heavy (non-hydrogen) atoms. The zero-order chi connectivity index (χ0) is 11.4. The number of carbonyl (C=O) groups excluding carboxylic acids is 2. The molecule has 1 aliphatic heterocycles. The molecule has 0 saturated carbocycles. The molecular weight excluding hydrogens is 194 g/mol. The minimum atomic E-state index is -0.383. The topological polar surface area (TPSA) is 61.4 Å². The van der Waals surface area contributed by atoms with Crippen molar-refractivity contribution in [2.75, 3.05) is 19.6 Å². The van der Waals surface area contributed by atoms with Gasteiger partial charge in [0.2, 0.25) is 5.91 Å². The summed E-state index contributed by atoms with van der Waals surface area (Å²) in [6.07, 6.45) is 0. The Balaban J connectivity index is 2.41. The number of nitrogens with zero attached hydrogens (tertiary/aromatic N) is 1. The van der Waals surface area contributed by atoms with Crippen LogP contribution in [0.2, 0.25) is 0 Å². The lowest BCUT2D eigenvalue weighted by atomic mass is 10.2. The smallest absolute Gasteiger partial charge is 0.318 e. The summed E-state index contributed by atoms with van der Waals surface area (Å²) in [5, 5.41) is 5.50. The van der Waals surface area contributed by atoms with Crippen molar-refractivity contribution in [3.05, 3.63) is 0 Å². The highest BCUT2D eigenvalue weighted by atomic mass is 16.2. The summed E-state index contributed by atoms with van der Waals surface area (Å²) in [6.45, 7) is 7.70. The van der Waals surface area contributed by atoms with E-state index in [-0.39, 0.29) is 18.0 Å². The summed E-state index contributed by atoms with van der Waals surface area (Å²) in [7, 11) is 0. The molecule has 1 unspecified atom stereocenters. The monoisotopic (exact) mass is 213 g/mol. The maximum Gasteiger partial charge on any atom is 0.318 e. The van der Waals surface area contributed by atoms with E-state index in [0.717, 1.165) is 0 Å². The van der Waals surface area contributed by atoms with Gasteiger partial charge in [0.15, 0.2) is 0 Å². The van der Waals surface area contributed by atoms with Crippen molar-refractivity contribution >= 4 is 11.9 Å². The predicted molar refractivity (Wildman–Crippen MR) is 57.4 cm³/mol. The second-order valence-corrected chi connectivity index (χ2v) is 4.24. The van der Waals surface area contributed by atoms with E-state index in [9.17, 15) is 9.59 Å². The second kappa shape index (κ2) is 5.00. The fourth-order valence-corrected chi connectivity index (χ4v) is 1.45. The van der Waals surface area contributed by atoms with Gasteiger partial charge in [-0.15, -0.1) is 0 Å². The van der Waals surface area contributed by atoms with Gasteiger partial charge < -0.3 is 15.5 Å². The summed E-state index contributed by atoms with van der Waals surface area (Å²) in [5.74, 6) is 0.342. The fourth-order valence-electron chi connectivity index (χ4n) is 1.45. The molecule has 2 N–H and O–H groups in total. The van der Waals surface area contributed by atoms with Gasteiger partial charge in [0, 0.05) is 19.6 Å². The molecule has 86 valence electrons. The van der Waals surface area contributed by atoms with Gasteiger partial charge in [0.25, 0.3) is 0 Å². The molecule has 0 aromatic rings. The first-order valence-electron chi connectivity index (χ1n) is 5.34. The van der Waals surface area contributed by atoms with E-state index < -0.39 is 0 Å². The van der Waals surface area contributed by atoms with Crippen LogP contribution in [0.5, 0.6) is 0 Å². The Labute approximate surface area is 90.2 Å². The Hall–Kier alpha value is -1.26. The van der Waals surface area contributed by atoms with Crippen molar-refractivity contribution in [3.63, 3.8) is 0 Å². The third-order valence-electron chi connectivity index (χ3n) is 2.42. The zero-order valence-electron chi connectivity index (χ0n) is 9.54. The summed E-state index contributed by atoms with van der Waals surface area (Å²) < 4.78 is 0. The zero-order valence-corrected chi connectivity index (χ0v) is 9.54. The molecular formula is C10H19N3O2. The first-order chi connectivity index (χ1) is 7.02. The lowest BCUT2D eigenvalue weighted by Crippen LogP contribution is -2.47. The van der Waals surface area contributed by atoms with Crippen LogP contribution in [0.1, 0.15) is 20.8 Å². The molecule has 5 nitrogen and oxygen atoms in total. The third kappa shape index (κ3) is 3.11. The number of rotatable bonds is 4. The molecule has 0 bridgehead atoms. The summed E-state index contributed by atoms with van der Waals surface area (Å²) >= 11 is 0. The molecule has 0 aliphatic carbocycles. The SMILES string of the molecule is CC(C)CNC(=O)C(C)N1CCNC1=O. The second-order valence-electron chi connectivity index (χ2n) is 4.24. The lowest BCUT2D eigenvalue weighted by Gasteiger charge is -2.22. The maximum absolute atomic E-state index is 11.6. The van der Waals surface area contributed by atoms with Crippen molar-refractivity contribution < 1.29 is 9.59 Å². The van der Waals surface area contributed by atoms with Crippen LogP contribution in [0.3, 0.4) is 0 Å². The Kier molecular flexibility index (Phi) is 3.94. The molecule has 3 amide bonds. The highest BCUT2D eigenvalue weighted by Gasteiger charge is 2.28. The van der Waals surface area contributed by atoms with Gasteiger partial charge in [-0.2, -0.15) is 0 Å². The van der Waals surface area contributed by atoms with E-state index in [1.807, 2.05) is 13.8 Å². The molecule has 1 aliphatic rings. The Morgan fingerprint density at radius 3 is 2.67 bits per heavy atom. The van der Waals surface area contributed by atoms with Gasteiger partial charge in [0.05, 0.1) is 0 Å². The maximum atomic E-state index is 11.6. The summed E-state index contributed by atoms with van der Waals surface area (Å²) in [5.41, 5.74) is 0. The van der Waals surface area contributed by atoms with Crippen LogP contribution in [0.15, 0.2) is 0 Å². The molecule has 0 aromatic carbocycles. The van der Waals surface area contributed by atoms with E-state index in [0.29, 0.717) is 25.6 Å². The average Bonchev–Trinajstić information content (AvgIpc) is 2.59. The van der Waals surface area contributed by atoms with E-state index in [2.05, 4.69) is 10.6 Å². The normalized spacial score (nSPS) is 17.9. The predicted octanol–water partition coefficient (Wildman–Crippen LogP) is 0.172. The standard InChI is InChI=1S/C10H19N3O2/c1-7(2)6-12-9(14)8(3)13-5-4-11-10(13)15/h7-8H,4-6H2,1-3H3,(H,11,15)(H,12,14). The minimum Gasteiger partial charge on any atom is -0.354 e. The number of urea groups is 1. The third-order valence-corrected chi connectivity index (χ3v) is 2.42. The van der Waals surface area contributed by atoms with Gasteiger partial charge in [-0.05, 0) is 12.8 Å². The molecule has 1 heterocycles. The lowest BCUT2D eigenvalue weighted by molar-refractivity contribution is -0.124. The van der Waals surface area contributed by atoms with Crippen LogP contribution in [-0.2, 0) is 4.79 Å². The number of hydrogen-bond acceptors (Lipinski definition) is 2. The van der Waals surface area contributed by atoms with Crippen LogP contribution in [0.4, 0.5) is 4.79 Å². The molecule has 0 radical (unpaired) electrons. The van der Waals surface area contributed by atoms with E-state index in [4.69, 9.17) is 0 Å². The van der Waals surface area contributed by atoms with Crippen LogP contribution in [0.25, 0.3) is 0 Å².